The summed E-state index contributed by atoms with van der Waals surface area (Å²) in [6.45, 7) is 0. The minimum absolute atomic E-state index is 0.890. The van der Waals surface area contributed by atoms with E-state index in [1.54, 1.807) is 0 Å². The van der Waals surface area contributed by atoms with E-state index in [1.807, 2.05) is 23.5 Å². The van der Waals surface area contributed by atoms with Crippen LogP contribution in [0.1, 0.15) is 0 Å². The summed E-state index contributed by atoms with van der Waals surface area (Å²) in [5, 5.41) is 9.84. The molecule has 3 heteroatoms. The number of nitrogens with zero attached hydrogens (tertiary/aromatic N) is 1. The zero-order valence-corrected chi connectivity index (χ0v) is 29.5. The summed E-state index contributed by atoms with van der Waals surface area (Å²) in [6.07, 6.45) is 0. The predicted molar refractivity (Wildman–Crippen MR) is 227 cm³/mol. The molecule has 248 valence electrons. The Balaban J connectivity index is 1.13. The Morgan fingerprint density at radius 1 is 0.396 bits per heavy atom. The molecular formula is C50H31NOS. The molecule has 0 fully saturated rings. The van der Waals surface area contributed by atoms with Crippen LogP contribution < -0.4 is 4.90 Å². The monoisotopic (exact) mass is 693 g/mol. The Hall–Kier alpha value is -6.68. The number of rotatable bonds is 5. The molecule has 53 heavy (non-hydrogen) atoms. The van der Waals surface area contributed by atoms with Crippen molar-refractivity contribution in [3.63, 3.8) is 0 Å². The van der Waals surface area contributed by atoms with Crippen molar-refractivity contribution in [3.05, 3.63) is 188 Å². The van der Waals surface area contributed by atoms with Crippen molar-refractivity contribution in [2.45, 2.75) is 0 Å². The van der Waals surface area contributed by atoms with Crippen LogP contribution in [0.4, 0.5) is 17.1 Å². The molecule has 0 amide bonds. The first-order valence-electron chi connectivity index (χ1n) is 18.0. The van der Waals surface area contributed by atoms with Crippen LogP contribution in [0, 0.1) is 0 Å². The molecule has 0 aliphatic carbocycles. The normalized spacial score (nSPS) is 11.8. The maximum atomic E-state index is 6.28. The second kappa shape index (κ2) is 11.9. The van der Waals surface area contributed by atoms with E-state index in [9.17, 15) is 0 Å². The number of benzene rings is 9. The van der Waals surface area contributed by atoms with Crippen LogP contribution in [0.15, 0.2) is 192 Å². The highest BCUT2D eigenvalue weighted by atomic mass is 32.1. The fourth-order valence-electron chi connectivity index (χ4n) is 8.23. The van der Waals surface area contributed by atoms with Crippen molar-refractivity contribution in [1.29, 1.82) is 0 Å². The summed E-state index contributed by atoms with van der Waals surface area (Å²) >= 11 is 1.88. The van der Waals surface area contributed by atoms with Gasteiger partial charge in [-0.1, -0.05) is 140 Å². The van der Waals surface area contributed by atoms with Crippen LogP contribution in [0.25, 0.3) is 85.9 Å². The highest BCUT2D eigenvalue weighted by molar-refractivity contribution is 7.26. The third-order valence-electron chi connectivity index (χ3n) is 10.7. The van der Waals surface area contributed by atoms with Crippen LogP contribution in [0.5, 0.6) is 0 Å². The predicted octanol–water partition coefficient (Wildman–Crippen LogP) is 15.1. The van der Waals surface area contributed by atoms with Gasteiger partial charge in [-0.2, -0.15) is 0 Å². The summed E-state index contributed by atoms with van der Waals surface area (Å²) < 4.78 is 8.87. The first-order valence-corrected chi connectivity index (χ1v) is 18.8. The molecule has 0 unspecified atom stereocenters. The highest BCUT2D eigenvalue weighted by Gasteiger charge is 2.21. The van der Waals surface area contributed by atoms with Gasteiger partial charge in [-0.15, -0.1) is 11.3 Å². The van der Waals surface area contributed by atoms with Crippen LogP contribution in [-0.2, 0) is 0 Å². The second-order valence-corrected chi connectivity index (χ2v) is 14.7. The average Bonchev–Trinajstić information content (AvgIpc) is 3.80. The highest BCUT2D eigenvalue weighted by Crippen LogP contribution is 2.48. The molecule has 0 saturated carbocycles. The van der Waals surface area contributed by atoms with Crippen molar-refractivity contribution in [2.24, 2.45) is 0 Å². The van der Waals surface area contributed by atoms with Gasteiger partial charge in [-0.3, -0.25) is 0 Å². The molecule has 0 N–H and O–H groups in total. The SMILES string of the molecule is c1ccc(-c2cccc3cccc(-c4ccc(N(c5ccc6oc7ccccc7c6c5)c5cccc6sc7c8ccccc8ccc7c56)cc4)c23)cc1. The van der Waals surface area contributed by atoms with Gasteiger partial charge in [0.15, 0.2) is 0 Å². The Morgan fingerprint density at radius 3 is 1.89 bits per heavy atom. The number of anilines is 3. The van der Waals surface area contributed by atoms with Gasteiger partial charge in [-0.25, -0.2) is 0 Å². The van der Waals surface area contributed by atoms with E-state index in [4.69, 9.17) is 4.42 Å². The van der Waals surface area contributed by atoms with Gasteiger partial charge in [0.05, 0.1) is 5.69 Å². The quantitative estimate of drug-likeness (QED) is 0.178. The smallest absolute Gasteiger partial charge is 0.135 e. The molecule has 0 bridgehead atoms. The topological polar surface area (TPSA) is 16.4 Å². The average molecular weight is 694 g/mol. The molecule has 0 radical (unpaired) electrons. The van der Waals surface area contributed by atoms with Gasteiger partial charge in [-0.05, 0) is 92.3 Å². The van der Waals surface area contributed by atoms with Crippen molar-refractivity contribution in [2.75, 3.05) is 4.90 Å². The molecule has 2 nitrogen and oxygen atoms in total. The number of hydrogen-bond donors (Lipinski definition) is 0. The lowest BCUT2D eigenvalue weighted by Crippen LogP contribution is -2.10. The third kappa shape index (κ3) is 4.78. The number of thiophene rings is 1. The minimum Gasteiger partial charge on any atom is -0.456 e. The van der Waals surface area contributed by atoms with Crippen LogP contribution in [0.3, 0.4) is 0 Å². The molecule has 0 spiro atoms. The Bertz CT molecular complexity index is 3170. The van der Waals surface area contributed by atoms with E-state index in [1.165, 1.54) is 64.0 Å². The van der Waals surface area contributed by atoms with E-state index >= 15 is 0 Å². The second-order valence-electron chi connectivity index (χ2n) is 13.7. The Labute approximate surface area is 310 Å². The lowest BCUT2D eigenvalue weighted by Gasteiger charge is -2.27. The minimum atomic E-state index is 0.890. The van der Waals surface area contributed by atoms with E-state index in [2.05, 4.69) is 181 Å². The number of furan rings is 1. The Kier molecular flexibility index (Phi) is 6.76. The zero-order chi connectivity index (χ0) is 34.9. The summed E-state index contributed by atoms with van der Waals surface area (Å²) in [6, 6.07) is 68.0. The molecule has 0 aliphatic heterocycles. The van der Waals surface area contributed by atoms with Crippen LogP contribution in [-0.4, -0.2) is 0 Å². The lowest BCUT2D eigenvalue weighted by molar-refractivity contribution is 0.669. The maximum absolute atomic E-state index is 6.28. The molecule has 0 saturated heterocycles. The van der Waals surface area contributed by atoms with E-state index < -0.39 is 0 Å². The van der Waals surface area contributed by atoms with E-state index in [0.717, 1.165) is 39.0 Å². The standard InChI is InChI=1S/C50H31NOS/c1-2-11-32(12-3-1)38-18-8-14-35-15-9-19-39(48(35)38)34-23-26-36(27-24-34)51(37-28-30-46-43(31-37)41-17-6-7-21-45(41)52-46)44-20-10-22-47-49(44)42-29-25-33-13-4-5-16-40(33)50(42)53-47/h1-31H. The van der Waals surface area contributed by atoms with E-state index in [0.29, 0.717) is 0 Å². The molecule has 2 heterocycles. The first-order chi connectivity index (χ1) is 26.3. The molecule has 11 rings (SSSR count). The molecule has 9 aromatic carbocycles. The largest absolute Gasteiger partial charge is 0.456 e. The summed E-state index contributed by atoms with van der Waals surface area (Å²) in [5.41, 5.74) is 10.00. The summed E-state index contributed by atoms with van der Waals surface area (Å²) in [7, 11) is 0. The van der Waals surface area contributed by atoms with Crippen molar-refractivity contribution in [3.8, 4) is 22.3 Å². The fraction of sp³-hybridized carbons (Fsp3) is 0. The molecule has 0 aliphatic rings. The molecule has 0 atom stereocenters. The van der Waals surface area contributed by atoms with Crippen LogP contribution >= 0.6 is 11.3 Å². The van der Waals surface area contributed by atoms with Gasteiger partial charge in [0.1, 0.15) is 11.2 Å². The summed E-state index contributed by atoms with van der Waals surface area (Å²) in [4.78, 5) is 2.42. The fourth-order valence-corrected chi connectivity index (χ4v) is 9.49. The van der Waals surface area contributed by atoms with Crippen molar-refractivity contribution in [1.82, 2.24) is 0 Å². The van der Waals surface area contributed by atoms with Crippen molar-refractivity contribution >= 4 is 92.1 Å². The van der Waals surface area contributed by atoms with Gasteiger partial charge < -0.3 is 9.32 Å². The molecular weight excluding hydrogens is 663 g/mol. The van der Waals surface area contributed by atoms with Gasteiger partial charge in [0, 0.05) is 42.3 Å². The molecule has 2 aromatic heterocycles. The molecule has 11 aromatic rings. The van der Waals surface area contributed by atoms with E-state index in [-0.39, 0.29) is 0 Å². The zero-order valence-electron chi connectivity index (χ0n) is 28.7. The number of para-hydroxylation sites is 1. The van der Waals surface area contributed by atoms with Crippen molar-refractivity contribution < 1.29 is 4.42 Å². The lowest BCUT2D eigenvalue weighted by atomic mass is 9.91. The summed E-state index contributed by atoms with van der Waals surface area (Å²) in [5.74, 6) is 0. The number of hydrogen-bond acceptors (Lipinski definition) is 3. The van der Waals surface area contributed by atoms with Gasteiger partial charge in [0.2, 0.25) is 0 Å². The number of fused-ring (bicyclic) bond motifs is 9. The third-order valence-corrected chi connectivity index (χ3v) is 11.9. The van der Waals surface area contributed by atoms with Gasteiger partial charge >= 0.3 is 0 Å². The first kappa shape index (κ1) is 30.0. The maximum Gasteiger partial charge on any atom is 0.135 e. The van der Waals surface area contributed by atoms with Gasteiger partial charge in [0.25, 0.3) is 0 Å². The Morgan fingerprint density at radius 2 is 1.06 bits per heavy atom. The van der Waals surface area contributed by atoms with Crippen LogP contribution in [0.2, 0.25) is 0 Å².